The average molecular weight is 597 g/mol. The van der Waals surface area contributed by atoms with Crippen LogP contribution in [0.3, 0.4) is 0 Å². The van der Waals surface area contributed by atoms with Crippen molar-refractivity contribution in [1.29, 1.82) is 0 Å². The van der Waals surface area contributed by atoms with Crippen LogP contribution in [-0.2, 0) is 20.9 Å². The third kappa shape index (κ3) is 5.59. The molecule has 2 N–H and O–H groups in total. The number of hydrogen-bond acceptors (Lipinski definition) is 8. The smallest absolute Gasteiger partial charge is 0.417 e. The van der Waals surface area contributed by atoms with Crippen molar-refractivity contribution in [1.82, 2.24) is 4.98 Å². The van der Waals surface area contributed by atoms with E-state index in [1.165, 1.54) is 31.9 Å². The van der Waals surface area contributed by atoms with Crippen molar-refractivity contribution in [2.45, 2.75) is 38.8 Å². The molecule has 0 bridgehead atoms. The van der Waals surface area contributed by atoms with Crippen LogP contribution < -0.4 is 14.9 Å². The lowest BCUT2D eigenvalue weighted by Crippen LogP contribution is -2.35. The van der Waals surface area contributed by atoms with Crippen molar-refractivity contribution in [3.8, 4) is 0 Å². The fraction of sp³-hybridized carbons (Fsp3) is 0.423. The van der Waals surface area contributed by atoms with Crippen LogP contribution in [0.1, 0.15) is 58.2 Å². The lowest BCUT2D eigenvalue weighted by atomic mass is 9.93. The zero-order valence-corrected chi connectivity index (χ0v) is 23.4. The van der Waals surface area contributed by atoms with E-state index < -0.39 is 33.6 Å². The van der Waals surface area contributed by atoms with Gasteiger partial charge in [0.25, 0.3) is 5.91 Å². The van der Waals surface area contributed by atoms with E-state index in [-0.39, 0.29) is 37.8 Å². The van der Waals surface area contributed by atoms with Crippen molar-refractivity contribution in [3.05, 3.63) is 46.5 Å². The second kappa shape index (κ2) is 10.2. The van der Waals surface area contributed by atoms with Crippen LogP contribution in [0, 0.1) is 5.41 Å². The first kappa shape index (κ1) is 28.1. The molecule has 40 heavy (non-hydrogen) atoms. The summed E-state index contributed by atoms with van der Waals surface area (Å²) in [6.07, 6.45) is 0.194. The second-order valence-electron chi connectivity index (χ2n) is 10.1. The Kier molecular flexibility index (Phi) is 7.19. The molecule has 0 radical (unpaired) electrons. The van der Waals surface area contributed by atoms with Gasteiger partial charge in [-0.3, -0.25) is 9.52 Å². The fourth-order valence-corrected chi connectivity index (χ4v) is 6.51. The maximum Gasteiger partial charge on any atom is 0.417 e. The first-order valence-corrected chi connectivity index (χ1v) is 15.1. The normalized spacial score (nSPS) is 16.7. The first-order chi connectivity index (χ1) is 18.8. The minimum Gasteiger partial charge on any atom is -0.465 e. The summed E-state index contributed by atoms with van der Waals surface area (Å²) in [5.74, 6) is -1.64. The highest BCUT2D eigenvalue weighted by molar-refractivity contribution is 7.92. The second-order valence-corrected chi connectivity index (χ2v) is 13.1. The molecular weight excluding hydrogens is 569 g/mol. The number of halogens is 3. The number of nitrogens with one attached hydrogen (secondary N) is 2. The van der Waals surface area contributed by atoms with Crippen molar-refractivity contribution in [2.75, 3.05) is 40.9 Å². The number of sulfonamides is 1. The molecule has 1 aliphatic heterocycles. The van der Waals surface area contributed by atoms with Crippen LogP contribution in [0.2, 0.25) is 0 Å². The molecular formula is C26H27F3N4O5S2. The van der Waals surface area contributed by atoms with Crippen molar-refractivity contribution >= 4 is 60.5 Å². The number of carbonyl (C=O) groups is 2. The summed E-state index contributed by atoms with van der Waals surface area (Å²) in [6.45, 7) is 2.84. The largest absolute Gasteiger partial charge is 0.465 e. The Balaban J connectivity index is 1.55. The molecule has 1 spiro atoms. The zero-order valence-electron chi connectivity index (χ0n) is 21.7. The molecule has 0 atom stereocenters. The lowest BCUT2D eigenvalue weighted by Gasteiger charge is -2.35. The number of thiophene rings is 1. The molecule has 2 aromatic heterocycles. The van der Waals surface area contributed by atoms with Gasteiger partial charge < -0.3 is 15.0 Å². The topological polar surface area (TPSA) is 118 Å². The molecule has 214 valence electrons. The molecule has 14 heteroatoms. The van der Waals surface area contributed by atoms with E-state index in [1.807, 2.05) is 4.90 Å². The molecule has 5 rings (SSSR count). The molecule has 1 saturated heterocycles. The number of fused-ring (bicyclic) bond motifs is 1. The summed E-state index contributed by atoms with van der Waals surface area (Å²) in [5, 5.41) is 2.58. The minimum absolute atomic E-state index is 0.0453. The highest BCUT2D eigenvalue weighted by Crippen LogP contribution is 2.54. The Bertz CT molecular complexity index is 1590. The number of nitrogens with zero attached hydrogens (tertiary/aromatic N) is 2. The van der Waals surface area contributed by atoms with E-state index in [9.17, 15) is 31.2 Å². The molecule has 1 aliphatic carbocycles. The number of carbonyl (C=O) groups excluding carboxylic acids is 2. The van der Waals surface area contributed by atoms with E-state index >= 15 is 0 Å². The van der Waals surface area contributed by atoms with Gasteiger partial charge in [-0.2, -0.15) is 13.2 Å². The van der Waals surface area contributed by atoms with Crippen LogP contribution in [-0.4, -0.2) is 51.2 Å². The Morgan fingerprint density at radius 2 is 1.85 bits per heavy atom. The summed E-state index contributed by atoms with van der Waals surface area (Å²) < 4.78 is 72.0. The maximum absolute atomic E-state index is 13.7. The molecule has 3 aromatic rings. The third-order valence-corrected chi connectivity index (χ3v) is 9.90. The van der Waals surface area contributed by atoms with E-state index in [0.717, 1.165) is 37.4 Å². The van der Waals surface area contributed by atoms with Crippen LogP contribution in [0.5, 0.6) is 0 Å². The van der Waals surface area contributed by atoms with E-state index in [1.54, 1.807) is 6.07 Å². The summed E-state index contributed by atoms with van der Waals surface area (Å²) in [7, 11) is -2.45. The lowest BCUT2D eigenvalue weighted by molar-refractivity contribution is -0.137. The summed E-state index contributed by atoms with van der Waals surface area (Å²) in [6, 6.07) is 5.34. The summed E-state index contributed by atoms with van der Waals surface area (Å²) >= 11 is 0.809. The van der Waals surface area contributed by atoms with Crippen LogP contribution in [0.15, 0.2) is 30.5 Å². The van der Waals surface area contributed by atoms with Crippen LogP contribution in [0.25, 0.3) is 10.2 Å². The van der Waals surface area contributed by atoms with Gasteiger partial charge in [0.1, 0.15) is 9.71 Å². The van der Waals surface area contributed by atoms with E-state index in [0.29, 0.717) is 30.4 Å². The molecule has 9 nitrogen and oxygen atoms in total. The Labute approximate surface area is 232 Å². The number of aromatic nitrogens is 1. The predicted octanol–water partition coefficient (Wildman–Crippen LogP) is 5.50. The monoisotopic (exact) mass is 596 g/mol. The van der Waals surface area contributed by atoms with Gasteiger partial charge in [-0.1, -0.05) is 0 Å². The number of piperidine rings is 1. The Morgan fingerprint density at radius 1 is 1.15 bits per heavy atom. The van der Waals surface area contributed by atoms with Crippen LogP contribution in [0.4, 0.5) is 30.2 Å². The maximum atomic E-state index is 13.7. The molecule has 1 aromatic carbocycles. The SMILES string of the molecule is CCS(=O)(=O)Nc1ccc(C(=O)Nc2c(C(=O)OC)sc3ncc(C(F)(F)F)cc23)c(N2CCC3(CC2)CC3)c1. The molecule has 3 heterocycles. The quantitative estimate of drug-likeness (QED) is 0.346. The molecule has 1 saturated carbocycles. The number of pyridine rings is 1. The number of anilines is 3. The predicted molar refractivity (Wildman–Crippen MR) is 147 cm³/mol. The number of methoxy groups -OCH3 is 1. The van der Waals surface area contributed by atoms with Crippen LogP contribution >= 0.6 is 11.3 Å². The van der Waals surface area contributed by atoms with Gasteiger partial charge in [0.15, 0.2) is 0 Å². The number of benzene rings is 1. The zero-order chi connectivity index (χ0) is 28.9. The third-order valence-electron chi connectivity index (χ3n) is 7.50. The van der Waals surface area contributed by atoms with Gasteiger partial charge >= 0.3 is 12.1 Å². The molecule has 0 unspecified atom stereocenters. The van der Waals surface area contributed by atoms with Gasteiger partial charge in [0, 0.05) is 24.7 Å². The molecule has 2 aliphatic rings. The Hall–Kier alpha value is -3.39. The first-order valence-electron chi connectivity index (χ1n) is 12.6. The highest BCUT2D eigenvalue weighted by Gasteiger charge is 2.44. The summed E-state index contributed by atoms with van der Waals surface area (Å²) in [4.78, 5) is 32.1. The van der Waals surface area contributed by atoms with Crippen molar-refractivity contribution in [2.24, 2.45) is 5.41 Å². The van der Waals surface area contributed by atoms with Crippen molar-refractivity contribution in [3.63, 3.8) is 0 Å². The van der Waals surface area contributed by atoms with Crippen molar-refractivity contribution < 1.29 is 35.9 Å². The number of esters is 1. The van der Waals surface area contributed by atoms with Gasteiger partial charge in [0.2, 0.25) is 10.0 Å². The Morgan fingerprint density at radius 3 is 2.45 bits per heavy atom. The fourth-order valence-electron chi connectivity index (χ4n) is 4.88. The van der Waals surface area contributed by atoms with Gasteiger partial charge in [-0.15, -0.1) is 11.3 Å². The number of rotatable bonds is 7. The number of hydrogen-bond donors (Lipinski definition) is 2. The van der Waals surface area contributed by atoms with E-state index in [4.69, 9.17) is 4.74 Å². The highest BCUT2D eigenvalue weighted by atomic mass is 32.2. The van der Waals surface area contributed by atoms with Gasteiger partial charge in [-0.05, 0) is 62.3 Å². The van der Waals surface area contributed by atoms with Gasteiger partial charge in [0.05, 0.1) is 41.1 Å². The molecule has 2 fully saturated rings. The number of alkyl halides is 3. The number of ether oxygens (including phenoxy) is 1. The molecule has 1 amide bonds. The minimum atomic E-state index is -4.68. The van der Waals surface area contributed by atoms with E-state index in [2.05, 4.69) is 15.0 Å². The standard InChI is InChI=1S/C26H27F3N4O5S2/c1-3-40(36,37)32-16-4-5-17(19(13-16)33-10-8-25(6-7-25)9-11-33)22(34)31-20-18-12-15(26(27,28)29)14-30-23(18)39-21(20)24(35)38-2/h4-5,12-14,32H,3,6-11H2,1-2H3,(H,31,34). The number of amides is 1. The average Bonchev–Trinajstić information content (AvgIpc) is 3.58. The van der Waals surface area contributed by atoms with Gasteiger partial charge in [-0.25, -0.2) is 18.2 Å². The summed E-state index contributed by atoms with van der Waals surface area (Å²) in [5.41, 5.74) is 0.136.